The maximum Gasteiger partial charge on any atom is 0.324 e. The van der Waals surface area contributed by atoms with E-state index >= 15 is 0 Å². The average molecular weight is 331 g/mol. The Morgan fingerprint density at radius 2 is 2.13 bits per heavy atom. The highest BCUT2D eigenvalue weighted by Crippen LogP contribution is 2.42. The molecule has 3 aliphatic heterocycles. The van der Waals surface area contributed by atoms with Gasteiger partial charge in [-0.05, 0) is 25.0 Å². The van der Waals surface area contributed by atoms with Crippen molar-refractivity contribution in [2.24, 2.45) is 0 Å². The van der Waals surface area contributed by atoms with Crippen LogP contribution in [-0.4, -0.2) is 42.9 Å². The van der Waals surface area contributed by atoms with Gasteiger partial charge in [0, 0.05) is 31.7 Å². The molecule has 2 aromatic rings. The van der Waals surface area contributed by atoms with Gasteiger partial charge in [-0.25, -0.2) is 9.78 Å². The first kappa shape index (κ1) is 13.6. The van der Waals surface area contributed by atoms with Gasteiger partial charge < -0.3 is 14.8 Å². The molecule has 0 aliphatic carbocycles. The Kier molecular flexibility index (Phi) is 2.84. The molecule has 5 rings (SSSR count). The van der Waals surface area contributed by atoms with Crippen molar-refractivity contribution in [1.29, 1.82) is 0 Å². The SMILES string of the molecule is O=C1NCC2(CCOCC2)N1c1nc2c3c(ccc2s1)OCC3. The Morgan fingerprint density at radius 1 is 1.26 bits per heavy atom. The second-order valence-corrected chi connectivity index (χ2v) is 7.32. The van der Waals surface area contributed by atoms with Gasteiger partial charge in [0.2, 0.25) is 0 Å². The fraction of sp³-hybridized carbons (Fsp3) is 0.500. The van der Waals surface area contributed by atoms with Crippen molar-refractivity contribution in [3.63, 3.8) is 0 Å². The first-order chi connectivity index (χ1) is 11.3. The topological polar surface area (TPSA) is 63.7 Å². The summed E-state index contributed by atoms with van der Waals surface area (Å²) in [6.07, 6.45) is 2.59. The van der Waals surface area contributed by atoms with Gasteiger partial charge in [0.05, 0.1) is 22.4 Å². The number of amides is 2. The van der Waals surface area contributed by atoms with Gasteiger partial charge in [-0.15, -0.1) is 0 Å². The molecule has 2 fully saturated rings. The van der Waals surface area contributed by atoms with Crippen LogP contribution in [0.5, 0.6) is 5.75 Å². The molecule has 1 spiro atoms. The van der Waals surface area contributed by atoms with E-state index in [0.29, 0.717) is 26.4 Å². The predicted molar refractivity (Wildman–Crippen MR) is 87.5 cm³/mol. The fourth-order valence-corrected chi connectivity index (χ4v) is 4.91. The molecule has 120 valence electrons. The van der Waals surface area contributed by atoms with Crippen molar-refractivity contribution in [1.82, 2.24) is 10.3 Å². The van der Waals surface area contributed by atoms with Gasteiger partial charge in [-0.3, -0.25) is 4.90 Å². The average Bonchev–Trinajstić information content (AvgIpc) is 3.25. The summed E-state index contributed by atoms with van der Waals surface area (Å²) in [6, 6.07) is 4.02. The summed E-state index contributed by atoms with van der Waals surface area (Å²) in [7, 11) is 0. The third-order valence-electron chi connectivity index (χ3n) is 5.08. The highest BCUT2D eigenvalue weighted by Gasteiger charge is 2.48. The third kappa shape index (κ3) is 1.89. The van der Waals surface area contributed by atoms with Crippen molar-refractivity contribution < 1.29 is 14.3 Å². The molecule has 0 radical (unpaired) electrons. The fourth-order valence-electron chi connectivity index (χ4n) is 3.81. The lowest BCUT2D eigenvalue weighted by molar-refractivity contribution is 0.0590. The van der Waals surface area contributed by atoms with E-state index in [2.05, 4.69) is 5.32 Å². The van der Waals surface area contributed by atoms with E-state index in [1.54, 1.807) is 11.3 Å². The highest BCUT2D eigenvalue weighted by molar-refractivity contribution is 7.22. The molecule has 0 saturated carbocycles. The maximum absolute atomic E-state index is 12.5. The highest BCUT2D eigenvalue weighted by atomic mass is 32.1. The number of rotatable bonds is 1. The number of carbonyl (C=O) groups excluding carboxylic acids is 1. The quantitative estimate of drug-likeness (QED) is 0.871. The van der Waals surface area contributed by atoms with Crippen LogP contribution in [0, 0.1) is 0 Å². The van der Waals surface area contributed by atoms with Crippen molar-refractivity contribution >= 4 is 32.7 Å². The molecule has 1 aromatic carbocycles. The first-order valence-corrected chi connectivity index (χ1v) is 8.80. The molecule has 3 aliphatic rings. The molecule has 7 heteroatoms. The van der Waals surface area contributed by atoms with Gasteiger partial charge in [0.1, 0.15) is 5.75 Å². The van der Waals surface area contributed by atoms with Crippen LogP contribution in [0.1, 0.15) is 18.4 Å². The summed E-state index contributed by atoms with van der Waals surface area (Å²) >= 11 is 1.59. The number of hydrogen-bond donors (Lipinski definition) is 1. The number of thiazole rings is 1. The standard InChI is InChI=1S/C16H17N3O3S/c20-14-17-9-16(4-7-21-8-5-16)19(14)15-18-13-10-3-6-22-11(10)1-2-12(13)23-15/h1-2H,3-9H2,(H,17,20). The van der Waals surface area contributed by atoms with Gasteiger partial charge >= 0.3 is 6.03 Å². The zero-order valence-corrected chi connectivity index (χ0v) is 13.4. The molecule has 0 atom stereocenters. The van der Waals surface area contributed by atoms with Crippen molar-refractivity contribution in [2.75, 3.05) is 31.3 Å². The second-order valence-electron chi connectivity index (χ2n) is 6.31. The van der Waals surface area contributed by atoms with Crippen molar-refractivity contribution in [3.05, 3.63) is 17.7 Å². The number of nitrogens with zero attached hydrogens (tertiary/aromatic N) is 2. The Balaban J connectivity index is 1.62. The molecule has 2 amide bonds. The smallest absolute Gasteiger partial charge is 0.324 e. The minimum atomic E-state index is -0.192. The summed E-state index contributed by atoms with van der Waals surface area (Å²) in [5.74, 6) is 0.931. The molecule has 1 N–H and O–H groups in total. The Morgan fingerprint density at radius 3 is 3.00 bits per heavy atom. The zero-order valence-electron chi connectivity index (χ0n) is 12.6. The Bertz CT molecular complexity index is 797. The van der Waals surface area contributed by atoms with Gasteiger partial charge in [0.15, 0.2) is 5.13 Å². The number of fused-ring (bicyclic) bond motifs is 3. The Labute approximate surface area is 137 Å². The van der Waals surface area contributed by atoms with Crippen LogP contribution < -0.4 is 15.0 Å². The maximum atomic E-state index is 12.5. The number of ether oxygens (including phenoxy) is 2. The summed E-state index contributed by atoms with van der Waals surface area (Å²) in [5, 5.41) is 3.79. The first-order valence-electron chi connectivity index (χ1n) is 7.98. The Hall–Kier alpha value is -1.86. The van der Waals surface area contributed by atoms with E-state index in [1.807, 2.05) is 17.0 Å². The van der Waals surface area contributed by atoms with E-state index in [1.165, 1.54) is 5.56 Å². The number of anilines is 1. The summed E-state index contributed by atoms with van der Waals surface area (Å²) < 4.78 is 12.2. The normalized spacial score (nSPS) is 22.4. The lowest BCUT2D eigenvalue weighted by Gasteiger charge is -2.38. The van der Waals surface area contributed by atoms with Crippen LogP contribution in [0.25, 0.3) is 10.2 Å². The number of urea groups is 1. The van der Waals surface area contributed by atoms with Crippen LogP contribution >= 0.6 is 11.3 Å². The number of aromatic nitrogens is 1. The summed E-state index contributed by atoms with van der Waals surface area (Å²) in [5.41, 5.74) is 1.97. The molecule has 1 aromatic heterocycles. The predicted octanol–water partition coefficient (Wildman–Crippen LogP) is 2.31. The molecule has 0 unspecified atom stereocenters. The molecule has 4 heterocycles. The van der Waals surface area contributed by atoms with E-state index in [0.717, 1.165) is 40.4 Å². The number of hydrogen-bond acceptors (Lipinski definition) is 5. The van der Waals surface area contributed by atoms with Crippen LogP contribution in [0.15, 0.2) is 12.1 Å². The van der Waals surface area contributed by atoms with Gasteiger partial charge in [0.25, 0.3) is 0 Å². The molecule has 2 saturated heterocycles. The molecule has 6 nitrogen and oxygen atoms in total. The van der Waals surface area contributed by atoms with Crippen LogP contribution in [0.3, 0.4) is 0 Å². The van der Waals surface area contributed by atoms with E-state index in [4.69, 9.17) is 14.5 Å². The van der Waals surface area contributed by atoms with E-state index in [-0.39, 0.29) is 11.6 Å². The van der Waals surface area contributed by atoms with Gasteiger partial charge in [-0.1, -0.05) is 11.3 Å². The van der Waals surface area contributed by atoms with E-state index < -0.39 is 0 Å². The third-order valence-corrected chi connectivity index (χ3v) is 6.09. The monoisotopic (exact) mass is 331 g/mol. The largest absolute Gasteiger partial charge is 0.493 e. The minimum Gasteiger partial charge on any atom is -0.493 e. The lowest BCUT2D eigenvalue weighted by Crippen LogP contribution is -2.51. The van der Waals surface area contributed by atoms with Crippen LogP contribution in [0.2, 0.25) is 0 Å². The van der Waals surface area contributed by atoms with Crippen LogP contribution in [0.4, 0.5) is 9.93 Å². The second kappa shape index (κ2) is 4.82. The molecule has 0 bridgehead atoms. The summed E-state index contributed by atoms with van der Waals surface area (Å²) in [4.78, 5) is 19.2. The molecular weight excluding hydrogens is 314 g/mol. The molecule has 23 heavy (non-hydrogen) atoms. The molecular formula is C16H17N3O3S. The van der Waals surface area contributed by atoms with Crippen molar-refractivity contribution in [3.8, 4) is 5.75 Å². The number of carbonyl (C=O) groups is 1. The van der Waals surface area contributed by atoms with E-state index in [9.17, 15) is 4.79 Å². The summed E-state index contributed by atoms with van der Waals surface area (Å²) in [6.45, 7) is 2.78. The number of nitrogens with one attached hydrogen (secondary N) is 1. The zero-order chi connectivity index (χ0) is 15.4. The lowest BCUT2D eigenvalue weighted by atomic mass is 9.90. The minimum absolute atomic E-state index is 0.0427. The van der Waals surface area contributed by atoms with Gasteiger partial charge in [-0.2, -0.15) is 0 Å². The van der Waals surface area contributed by atoms with Crippen LogP contribution in [-0.2, 0) is 11.2 Å². The van der Waals surface area contributed by atoms with Crippen molar-refractivity contribution in [2.45, 2.75) is 24.8 Å². The number of benzene rings is 1.